The van der Waals surface area contributed by atoms with E-state index in [-0.39, 0.29) is 17.7 Å². The topological polar surface area (TPSA) is 61.2 Å². The fourth-order valence-electron chi connectivity index (χ4n) is 2.53. The van der Waals surface area contributed by atoms with Crippen molar-refractivity contribution >= 4 is 32.8 Å². The molecule has 24 heavy (non-hydrogen) atoms. The quantitative estimate of drug-likeness (QED) is 0.644. The molecule has 0 aliphatic heterocycles. The van der Waals surface area contributed by atoms with Gasteiger partial charge in [-0.3, -0.25) is 9.78 Å². The first-order chi connectivity index (χ1) is 11.6. The predicted octanol–water partition coefficient (Wildman–Crippen LogP) is 3.38. The van der Waals surface area contributed by atoms with Gasteiger partial charge in [0.05, 0.1) is 24.4 Å². The number of nitrogens with zero attached hydrogens (tertiary/aromatic N) is 2. The van der Waals surface area contributed by atoms with Crippen molar-refractivity contribution in [1.82, 2.24) is 9.55 Å². The molecule has 0 N–H and O–H groups in total. The highest BCUT2D eigenvalue weighted by Crippen LogP contribution is 2.16. The standard InChI is InChI=1S/C18H15BrN2O3/c1-2-24-18(23)16-9-17(22)14-5-3-4-6-15(14)21(16)11-13-8-7-12(19)10-20-13/h3-10H,2,11H2,1H3. The normalized spacial score (nSPS) is 10.8. The number of hydrogen-bond donors (Lipinski definition) is 0. The summed E-state index contributed by atoms with van der Waals surface area (Å²) in [6.45, 7) is 2.34. The Hall–Kier alpha value is -2.47. The van der Waals surface area contributed by atoms with Gasteiger partial charge in [-0.25, -0.2) is 4.79 Å². The summed E-state index contributed by atoms with van der Waals surface area (Å²) in [5.41, 5.74) is 1.48. The van der Waals surface area contributed by atoms with Crippen LogP contribution < -0.4 is 5.43 Å². The zero-order valence-electron chi connectivity index (χ0n) is 13.0. The summed E-state index contributed by atoms with van der Waals surface area (Å²) in [5.74, 6) is -0.516. The van der Waals surface area contributed by atoms with Gasteiger partial charge in [-0.15, -0.1) is 0 Å². The Labute approximate surface area is 147 Å². The molecule has 0 bridgehead atoms. The predicted molar refractivity (Wildman–Crippen MR) is 95.2 cm³/mol. The third-order valence-corrected chi connectivity index (χ3v) is 4.08. The van der Waals surface area contributed by atoms with Crippen LogP contribution in [0.1, 0.15) is 23.1 Å². The molecule has 0 amide bonds. The Morgan fingerprint density at radius 3 is 2.75 bits per heavy atom. The summed E-state index contributed by atoms with van der Waals surface area (Å²) in [7, 11) is 0. The van der Waals surface area contributed by atoms with Crippen molar-refractivity contribution < 1.29 is 9.53 Å². The van der Waals surface area contributed by atoms with Crippen molar-refractivity contribution in [2.45, 2.75) is 13.5 Å². The highest BCUT2D eigenvalue weighted by Gasteiger charge is 2.16. The fourth-order valence-corrected chi connectivity index (χ4v) is 2.77. The van der Waals surface area contributed by atoms with Crippen LogP contribution in [0.15, 0.2) is 57.9 Å². The van der Waals surface area contributed by atoms with E-state index in [1.54, 1.807) is 29.8 Å². The van der Waals surface area contributed by atoms with Crippen molar-refractivity contribution in [3.05, 3.63) is 74.7 Å². The molecule has 0 fully saturated rings. The molecule has 0 radical (unpaired) electrons. The second kappa shape index (κ2) is 6.97. The number of hydrogen-bond acceptors (Lipinski definition) is 4. The Balaban J connectivity index is 2.20. The highest BCUT2D eigenvalue weighted by molar-refractivity contribution is 9.10. The monoisotopic (exact) mass is 386 g/mol. The molecule has 2 aromatic heterocycles. The lowest BCUT2D eigenvalue weighted by atomic mass is 10.1. The molecule has 2 heterocycles. The maximum Gasteiger partial charge on any atom is 0.355 e. The minimum absolute atomic E-state index is 0.200. The van der Waals surface area contributed by atoms with Crippen LogP contribution in [0.25, 0.3) is 10.9 Å². The molecule has 5 nitrogen and oxygen atoms in total. The van der Waals surface area contributed by atoms with Gasteiger partial charge in [0.25, 0.3) is 0 Å². The molecule has 3 aromatic rings. The van der Waals surface area contributed by atoms with Gasteiger partial charge in [0.1, 0.15) is 5.69 Å². The Kier molecular flexibility index (Phi) is 4.76. The molecule has 122 valence electrons. The first kappa shape index (κ1) is 16.4. The number of para-hydroxylation sites is 1. The zero-order chi connectivity index (χ0) is 17.1. The summed E-state index contributed by atoms with van der Waals surface area (Å²) in [6.07, 6.45) is 1.70. The van der Waals surface area contributed by atoms with E-state index in [1.807, 2.05) is 24.3 Å². The number of esters is 1. The number of halogens is 1. The first-order valence-corrected chi connectivity index (χ1v) is 8.29. The molecule has 3 rings (SSSR count). The SMILES string of the molecule is CCOC(=O)c1cc(=O)c2ccccc2n1Cc1ccc(Br)cn1. The first-order valence-electron chi connectivity index (χ1n) is 7.50. The third kappa shape index (κ3) is 3.23. The van der Waals surface area contributed by atoms with Gasteiger partial charge < -0.3 is 9.30 Å². The Bertz CT molecular complexity index is 949. The second-order valence-electron chi connectivity index (χ2n) is 5.19. The van der Waals surface area contributed by atoms with Crippen LogP contribution in [0.5, 0.6) is 0 Å². The molecular formula is C18H15BrN2O3. The second-order valence-corrected chi connectivity index (χ2v) is 6.10. The van der Waals surface area contributed by atoms with Crippen LogP contribution in [0.2, 0.25) is 0 Å². The molecule has 0 unspecified atom stereocenters. The maximum absolute atomic E-state index is 12.3. The molecular weight excluding hydrogens is 372 g/mol. The number of carbonyl (C=O) groups excluding carboxylic acids is 1. The van der Waals surface area contributed by atoms with E-state index in [2.05, 4.69) is 20.9 Å². The van der Waals surface area contributed by atoms with Gasteiger partial charge in [-0.2, -0.15) is 0 Å². The van der Waals surface area contributed by atoms with Crippen LogP contribution >= 0.6 is 15.9 Å². The van der Waals surface area contributed by atoms with Crippen LogP contribution in [0, 0.1) is 0 Å². The van der Waals surface area contributed by atoms with Gasteiger partial charge >= 0.3 is 5.97 Å². The highest BCUT2D eigenvalue weighted by atomic mass is 79.9. The lowest BCUT2D eigenvalue weighted by Crippen LogP contribution is -2.20. The van der Waals surface area contributed by atoms with E-state index in [4.69, 9.17) is 4.74 Å². The minimum Gasteiger partial charge on any atom is -0.461 e. The number of aromatic nitrogens is 2. The van der Waals surface area contributed by atoms with E-state index >= 15 is 0 Å². The lowest BCUT2D eigenvalue weighted by molar-refractivity contribution is 0.0514. The molecule has 0 spiro atoms. The molecule has 0 atom stereocenters. The number of carbonyl (C=O) groups is 1. The van der Waals surface area contributed by atoms with E-state index in [1.165, 1.54) is 6.07 Å². The van der Waals surface area contributed by atoms with Crippen molar-refractivity contribution in [3.8, 4) is 0 Å². The summed E-state index contributed by atoms with van der Waals surface area (Å²) >= 11 is 3.35. The van der Waals surface area contributed by atoms with Crippen molar-refractivity contribution in [1.29, 1.82) is 0 Å². The van der Waals surface area contributed by atoms with Gasteiger partial charge in [-0.05, 0) is 47.1 Å². The lowest BCUT2D eigenvalue weighted by Gasteiger charge is -2.15. The van der Waals surface area contributed by atoms with Gasteiger partial charge in [-0.1, -0.05) is 12.1 Å². The molecule has 0 aliphatic rings. The van der Waals surface area contributed by atoms with Gasteiger partial charge in [0.15, 0.2) is 5.43 Å². The average Bonchev–Trinajstić information content (AvgIpc) is 2.59. The Morgan fingerprint density at radius 1 is 1.25 bits per heavy atom. The summed E-state index contributed by atoms with van der Waals surface area (Å²) in [4.78, 5) is 29.0. The molecule has 0 aliphatic carbocycles. The molecule has 0 saturated carbocycles. The van der Waals surface area contributed by atoms with E-state index < -0.39 is 5.97 Å². The van der Waals surface area contributed by atoms with Crippen LogP contribution in [0.3, 0.4) is 0 Å². The summed E-state index contributed by atoms with van der Waals surface area (Å²) in [5, 5.41) is 0.558. The zero-order valence-corrected chi connectivity index (χ0v) is 14.6. The fraction of sp³-hybridized carbons (Fsp3) is 0.167. The molecule has 6 heteroatoms. The Morgan fingerprint density at radius 2 is 2.04 bits per heavy atom. The number of fused-ring (bicyclic) bond motifs is 1. The third-order valence-electron chi connectivity index (χ3n) is 3.61. The van der Waals surface area contributed by atoms with Crippen molar-refractivity contribution in [2.24, 2.45) is 0 Å². The maximum atomic E-state index is 12.3. The van der Waals surface area contributed by atoms with Crippen LogP contribution in [-0.2, 0) is 11.3 Å². The van der Waals surface area contributed by atoms with E-state index in [0.717, 1.165) is 10.2 Å². The smallest absolute Gasteiger partial charge is 0.355 e. The minimum atomic E-state index is -0.516. The molecule has 0 saturated heterocycles. The average molecular weight is 387 g/mol. The van der Waals surface area contributed by atoms with Crippen LogP contribution in [-0.4, -0.2) is 22.1 Å². The van der Waals surface area contributed by atoms with E-state index in [9.17, 15) is 9.59 Å². The van der Waals surface area contributed by atoms with Gasteiger partial charge in [0.2, 0.25) is 0 Å². The van der Waals surface area contributed by atoms with Crippen molar-refractivity contribution in [2.75, 3.05) is 6.61 Å². The summed E-state index contributed by atoms with van der Waals surface area (Å²) in [6, 6.07) is 12.3. The van der Waals surface area contributed by atoms with Crippen LogP contribution in [0.4, 0.5) is 0 Å². The molecule has 1 aromatic carbocycles. The number of ether oxygens (including phenoxy) is 1. The summed E-state index contributed by atoms with van der Waals surface area (Å²) < 4.78 is 7.75. The number of benzene rings is 1. The van der Waals surface area contributed by atoms with Crippen molar-refractivity contribution in [3.63, 3.8) is 0 Å². The number of rotatable bonds is 4. The largest absolute Gasteiger partial charge is 0.461 e. The van der Waals surface area contributed by atoms with E-state index in [0.29, 0.717) is 17.4 Å². The number of pyridine rings is 2. The van der Waals surface area contributed by atoms with Gasteiger partial charge in [0, 0.05) is 22.1 Å².